The van der Waals surface area contributed by atoms with Crippen LogP contribution in [0.15, 0.2) is 0 Å². The van der Waals surface area contributed by atoms with Crippen molar-refractivity contribution >= 4 is 16.7 Å². The van der Waals surface area contributed by atoms with Gasteiger partial charge in [-0.05, 0) is 12.3 Å². The van der Waals surface area contributed by atoms with Crippen molar-refractivity contribution in [2.24, 2.45) is 5.92 Å². The predicted molar refractivity (Wildman–Crippen MR) is 63.4 cm³/mol. The molecule has 0 saturated carbocycles. The van der Waals surface area contributed by atoms with Gasteiger partial charge in [0.25, 0.3) is 0 Å². The van der Waals surface area contributed by atoms with Crippen LogP contribution in [0.5, 0.6) is 0 Å². The molecule has 1 aromatic rings. The van der Waals surface area contributed by atoms with Crippen LogP contribution < -0.4 is 5.32 Å². The van der Waals surface area contributed by atoms with E-state index in [1.54, 1.807) is 7.11 Å². The molecule has 0 aromatic carbocycles. The second-order valence-corrected chi connectivity index (χ2v) is 4.46. The van der Waals surface area contributed by atoms with E-state index in [4.69, 9.17) is 4.74 Å². The number of aromatic nitrogens is 2. The van der Waals surface area contributed by atoms with Gasteiger partial charge in [0.1, 0.15) is 5.82 Å². The number of ether oxygens (including phenoxy) is 1. The van der Waals surface area contributed by atoms with Gasteiger partial charge in [-0.25, -0.2) is 4.98 Å². The monoisotopic (exact) mass is 229 g/mol. The summed E-state index contributed by atoms with van der Waals surface area (Å²) >= 11 is 1.44. The third-order valence-electron chi connectivity index (χ3n) is 1.99. The van der Waals surface area contributed by atoms with Crippen molar-refractivity contribution in [2.45, 2.75) is 26.7 Å². The number of rotatable bonds is 7. The quantitative estimate of drug-likeness (QED) is 0.778. The summed E-state index contributed by atoms with van der Waals surface area (Å²) in [4.78, 5) is 4.39. The third-order valence-corrected chi connectivity index (χ3v) is 2.71. The summed E-state index contributed by atoms with van der Waals surface area (Å²) < 4.78 is 9.33. The molecule has 15 heavy (non-hydrogen) atoms. The van der Waals surface area contributed by atoms with Gasteiger partial charge in [-0.3, -0.25) is 0 Å². The van der Waals surface area contributed by atoms with Gasteiger partial charge in [0.05, 0.1) is 6.61 Å². The first-order chi connectivity index (χ1) is 7.26. The van der Waals surface area contributed by atoms with Crippen LogP contribution in [-0.4, -0.2) is 29.6 Å². The van der Waals surface area contributed by atoms with E-state index in [2.05, 4.69) is 28.5 Å². The zero-order valence-corrected chi connectivity index (χ0v) is 10.4. The SMILES string of the molecule is CCCc1nsc(NCC(C)COC)n1. The minimum Gasteiger partial charge on any atom is -0.384 e. The molecule has 1 aromatic heterocycles. The van der Waals surface area contributed by atoms with E-state index in [1.165, 1.54) is 11.5 Å². The van der Waals surface area contributed by atoms with Crippen molar-refractivity contribution in [1.82, 2.24) is 9.36 Å². The van der Waals surface area contributed by atoms with E-state index in [9.17, 15) is 0 Å². The number of hydrogen-bond acceptors (Lipinski definition) is 5. The van der Waals surface area contributed by atoms with Gasteiger partial charge < -0.3 is 10.1 Å². The average molecular weight is 229 g/mol. The molecule has 0 aliphatic carbocycles. The van der Waals surface area contributed by atoms with Gasteiger partial charge >= 0.3 is 0 Å². The molecule has 86 valence electrons. The topological polar surface area (TPSA) is 47.0 Å². The van der Waals surface area contributed by atoms with Crippen molar-refractivity contribution in [1.29, 1.82) is 0 Å². The van der Waals surface area contributed by atoms with Gasteiger partial charge in [0, 0.05) is 31.6 Å². The molecule has 4 nitrogen and oxygen atoms in total. The molecular formula is C10H19N3OS. The Morgan fingerprint density at radius 2 is 2.33 bits per heavy atom. The molecule has 1 unspecified atom stereocenters. The van der Waals surface area contributed by atoms with Gasteiger partial charge in [-0.2, -0.15) is 4.37 Å². The molecule has 1 N–H and O–H groups in total. The minimum absolute atomic E-state index is 0.494. The second-order valence-electron chi connectivity index (χ2n) is 3.71. The number of anilines is 1. The standard InChI is InChI=1S/C10H19N3OS/c1-4-5-9-12-10(15-13-9)11-6-8(2)7-14-3/h8H,4-7H2,1-3H3,(H,11,12,13). The lowest BCUT2D eigenvalue weighted by Crippen LogP contribution is -2.15. The summed E-state index contributed by atoms with van der Waals surface area (Å²) in [5, 5.41) is 4.19. The van der Waals surface area contributed by atoms with Gasteiger partial charge in [-0.1, -0.05) is 13.8 Å². The maximum Gasteiger partial charge on any atom is 0.202 e. The molecule has 0 aliphatic heterocycles. The molecule has 1 atom stereocenters. The fourth-order valence-corrected chi connectivity index (χ4v) is 1.87. The van der Waals surface area contributed by atoms with Crippen molar-refractivity contribution in [3.8, 4) is 0 Å². The lowest BCUT2D eigenvalue weighted by molar-refractivity contribution is 0.164. The van der Waals surface area contributed by atoms with E-state index < -0.39 is 0 Å². The van der Waals surface area contributed by atoms with Crippen LogP contribution in [0, 0.1) is 5.92 Å². The number of hydrogen-bond donors (Lipinski definition) is 1. The summed E-state index contributed by atoms with van der Waals surface area (Å²) in [6.45, 7) is 5.93. The summed E-state index contributed by atoms with van der Waals surface area (Å²) in [6.07, 6.45) is 2.06. The molecule has 0 saturated heterocycles. The highest BCUT2D eigenvalue weighted by atomic mass is 32.1. The fraction of sp³-hybridized carbons (Fsp3) is 0.800. The number of nitrogens with one attached hydrogen (secondary N) is 1. The highest BCUT2D eigenvalue weighted by Crippen LogP contribution is 2.12. The van der Waals surface area contributed by atoms with Gasteiger partial charge in [0.15, 0.2) is 0 Å². The Morgan fingerprint density at radius 3 is 3.00 bits per heavy atom. The molecule has 0 amide bonds. The second kappa shape index (κ2) is 6.74. The predicted octanol–water partition coefficient (Wildman–Crippen LogP) is 2.19. The minimum atomic E-state index is 0.494. The van der Waals surface area contributed by atoms with Crippen LogP contribution in [-0.2, 0) is 11.2 Å². The van der Waals surface area contributed by atoms with Gasteiger partial charge in [-0.15, -0.1) is 0 Å². The molecule has 0 radical (unpaired) electrons. The first-order valence-corrected chi connectivity index (χ1v) is 6.09. The Hall–Kier alpha value is -0.680. The van der Waals surface area contributed by atoms with Crippen LogP contribution in [0.1, 0.15) is 26.1 Å². The van der Waals surface area contributed by atoms with Crippen LogP contribution in [0.4, 0.5) is 5.13 Å². The molecule has 0 bridgehead atoms. The Kier molecular flexibility index (Phi) is 5.57. The summed E-state index contributed by atoms with van der Waals surface area (Å²) in [5.41, 5.74) is 0. The van der Waals surface area contributed by atoms with Crippen molar-refractivity contribution in [3.05, 3.63) is 5.82 Å². The fourth-order valence-electron chi connectivity index (χ4n) is 1.26. The van der Waals surface area contributed by atoms with Crippen LogP contribution in [0.2, 0.25) is 0 Å². The Bertz CT molecular complexity index is 277. The Balaban J connectivity index is 2.30. The maximum absolute atomic E-state index is 5.06. The van der Waals surface area contributed by atoms with Crippen LogP contribution >= 0.6 is 11.5 Å². The molecule has 1 heterocycles. The number of nitrogens with zero attached hydrogens (tertiary/aromatic N) is 2. The summed E-state index contributed by atoms with van der Waals surface area (Å²) in [6, 6.07) is 0. The largest absolute Gasteiger partial charge is 0.384 e. The lowest BCUT2D eigenvalue weighted by atomic mass is 10.2. The van der Waals surface area contributed by atoms with E-state index in [0.29, 0.717) is 5.92 Å². The average Bonchev–Trinajstić information content (AvgIpc) is 2.64. The highest BCUT2D eigenvalue weighted by Gasteiger charge is 2.05. The van der Waals surface area contributed by atoms with E-state index >= 15 is 0 Å². The van der Waals surface area contributed by atoms with Crippen molar-refractivity contribution < 1.29 is 4.74 Å². The smallest absolute Gasteiger partial charge is 0.202 e. The first-order valence-electron chi connectivity index (χ1n) is 5.31. The Labute approximate surface area is 95.2 Å². The Morgan fingerprint density at radius 1 is 1.53 bits per heavy atom. The third kappa shape index (κ3) is 4.57. The zero-order chi connectivity index (χ0) is 11.1. The van der Waals surface area contributed by atoms with Crippen molar-refractivity contribution in [2.75, 3.05) is 25.6 Å². The lowest BCUT2D eigenvalue weighted by Gasteiger charge is -2.09. The summed E-state index contributed by atoms with van der Waals surface area (Å²) in [5.74, 6) is 1.44. The zero-order valence-electron chi connectivity index (χ0n) is 9.62. The molecule has 1 rings (SSSR count). The van der Waals surface area contributed by atoms with E-state index in [-0.39, 0.29) is 0 Å². The normalized spacial score (nSPS) is 12.7. The molecule has 0 fully saturated rings. The molecule has 0 aliphatic rings. The van der Waals surface area contributed by atoms with Crippen molar-refractivity contribution in [3.63, 3.8) is 0 Å². The van der Waals surface area contributed by atoms with Crippen LogP contribution in [0.25, 0.3) is 0 Å². The molecular weight excluding hydrogens is 210 g/mol. The summed E-state index contributed by atoms with van der Waals surface area (Å²) in [7, 11) is 1.72. The van der Waals surface area contributed by atoms with E-state index in [1.807, 2.05) is 0 Å². The molecule has 5 heteroatoms. The first kappa shape index (κ1) is 12.4. The highest BCUT2D eigenvalue weighted by molar-refractivity contribution is 7.09. The number of methoxy groups -OCH3 is 1. The van der Waals surface area contributed by atoms with E-state index in [0.717, 1.165) is 36.9 Å². The van der Waals surface area contributed by atoms with Crippen LogP contribution in [0.3, 0.4) is 0 Å². The number of aryl methyl sites for hydroxylation is 1. The molecule has 0 spiro atoms. The van der Waals surface area contributed by atoms with Gasteiger partial charge in [0.2, 0.25) is 5.13 Å². The maximum atomic E-state index is 5.06.